The summed E-state index contributed by atoms with van der Waals surface area (Å²) in [6, 6.07) is 18.6. The van der Waals surface area contributed by atoms with Crippen molar-refractivity contribution in [2.45, 2.75) is 18.9 Å². The monoisotopic (exact) mass is 496 g/mol. The second kappa shape index (κ2) is 10.8. The Morgan fingerprint density at radius 2 is 1.81 bits per heavy atom. The van der Waals surface area contributed by atoms with Crippen LogP contribution in [0.5, 0.6) is 0 Å². The molecule has 0 bridgehead atoms. The van der Waals surface area contributed by atoms with Crippen LogP contribution in [0.1, 0.15) is 12.8 Å². The summed E-state index contributed by atoms with van der Waals surface area (Å²) in [7, 11) is 2.16. The average molecular weight is 497 g/mol. The Kier molecular flexibility index (Phi) is 7.09. The van der Waals surface area contributed by atoms with Gasteiger partial charge in [0.1, 0.15) is 5.82 Å². The molecule has 0 radical (unpaired) electrons. The first-order valence-corrected chi connectivity index (χ1v) is 12.3. The summed E-state index contributed by atoms with van der Waals surface area (Å²) in [6.07, 6.45) is 5.12. The van der Waals surface area contributed by atoms with E-state index < -0.39 is 5.82 Å². The summed E-state index contributed by atoms with van der Waals surface area (Å²) in [5.41, 5.74) is 3.87. The molecule has 1 amide bonds. The fraction of sp³-hybridized carbons (Fsp3) is 0.207. The summed E-state index contributed by atoms with van der Waals surface area (Å²) >= 11 is 0. The molecule has 37 heavy (non-hydrogen) atoms. The number of rotatable bonds is 7. The molecule has 7 nitrogen and oxygen atoms in total. The van der Waals surface area contributed by atoms with E-state index in [0.717, 1.165) is 37.3 Å². The van der Waals surface area contributed by atoms with E-state index in [4.69, 9.17) is 0 Å². The molecule has 0 atom stereocenters. The van der Waals surface area contributed by atoms with Crippen molar-refractivity contribution in [2.75, 3.05) is 36.1 Å². The van der Waals surface area contributed by atoms with E-state index in [9.17, 15) is 4.79 Å². The Hall–Kier alpha value is -4.30. The number of benzene rings is 3. The van der Waals surface area contributed by atoms with Gasteiger partial charge in [-0.05, 0) is 93.1 Å². The van der Waals surface area contributed by atoms with Crippen LogP contribution < -0.4 is 16.0 Å². The molecule has 1 aliphatic heterocycles. The van der Waals surface area contributed by atoms with E-state index in [1.165, 1.54) is 12.1 Å². The number of hydrogen-bond donors (Lipinski definition) is 3. The number of likely N-dealkylation sites (tertiary alicyclic amines) is 1. The van der Waals surface area contributed by atoms with E-state index in [0.29, 0.717) is 39.7 Å². The molecule has 1 aromatic heterocycles. The topological polar surface area (TPSA) is 82.2 Å². The van der Waals surface area contributed by atoms with E-state index in [1.807, 2.05) is 24.3 Å². The third-order valence-corrected chi connectivity index (χ3v) is 6.54. The van der Waals surface area contributed by atoms with Crippen molar-refractivity contribution in [1.82, 2.24) is 14.9 Å². The largest absolute Gasteiger partial charge is 0.382 e. The first-order chi connectivity index (χ1) is 18.0. The number of piperidine rings is 1. The first-order valence-electron chi connectivity index (χ1n) is 12.3. The number of amides is 1. The van der Waals surface area contributed by atoms with Crippen LogP contribution in [0.2, 0.25) is 0 Å². The van der Waals surface area contributed by atoms with Crippen LogP contribution >= 0.6 is 0 Å². The maximum absolute atomic E-state index is 15.1. The average Bonchev–Trinajstić information content (AvgIpc) is 2.91. The van der Waals surface area contributed by atoms with Gasteiger partial charge in [0.15, 0.2) is 0 Å². The third kappa shape index (κ3) is 5.76. The Labute approximate surface area is 215 Å². The highest BCUT2D eigenvalue weighted by Crippen LogP contribution is 2.32. The number of nitrogens with zero attached hydrogens (tertiary/aromatic N) is 3. The highest BCUT2D eigenvalue weighted by molar-refractivity contribution is 6.00. The number of hydrogen-bond acceptors (Lipinski definition) is 6. The van der Waals surface area contributed by atoms with E-state index in [1.54, 1.807) is 36.5 Å². The highest BCUT2D eigenvalue weighted by atomic mass is 19.1. The Morgan fingerprint density at radius 3 is 2.57 bits per heavy atom. The number of aromatic nitrogens is 2. The van der Waals surface area contributed by atoms with Gasteiger partial charge in [-0.3, -0.25) is 4.79 Å². The van der Waals surface area contributed by atoms with Gasteiger partial charge in [0.2, 0.25) is 11.9 Å². The molecule has 0 spiro atoms. The van der Waals surface area contributed by atoms with Gasteiger partial charge < -0.3 is 20.9 Å². The maximum Gasteiger partial charge on any atom is 0.247 e. The molecular formula is C29H29FN6O. The first kappa shape index (κ1) is 24.4. The van der Waals surface area contributed by atoms with Gasteiger partial charge in [-0.15, -0.1) is 0 Å². The zero-order valence-electron chi connectivity index (χ0n) is 20.7. The molecule has 188 valence electrons. The summed E-state index contributed by atoms with van der Waals surface area (Å²) in [5.74, 6) is -0.378. The van der Waals surface area contributed by atoms with E-state index in [2.05, 4.69) is 44.4 Å². The van der Waals surface area contributed by atoms with Crippen LogP contribution in [0.15, 0.2) is 79.5 Å². The molecule has 1 fully saturated rings. The molecule has 2 heterocycles. The molecule has 1 aliphatic rings. The molecule has 8 heteroatoms. The molecule has 0 aliphatic carbocycles. The zero-order chi connectivity index (χ0) is 25.8. The number of carbonyl (C=O) groups is 1. The predicted octanol–water partition coefficient (Wildman–Crippen LogP) is 5.81. The van der Waals surface area contributed by atoms with Crippen molar-refractivity contribution in [1.29, 1.82) is 0 Å². The Morgan fingerprint density at radius 1 is 1.05 bits per heavy atom. The molecule has 3 N–H and O–H groups in total. The smallest absolute Gasteiger partial charge is 0.247 e. The fourth-order valence-corrected chi connectivity index (χ4v) is 4.52. The lowest BCUT2D eigenvalue weighted by Gasteiger charge is -2.30. The van der Waals surface area contributed by atoms with Crippen LogP contribution in [-0.2, 0) is 4.79 Å². The standard InChI is InChI=1S/C29H29FN6O/c1-3-26(37)33-24-6-4-5-19(17-24)27-25(30)12-7-20-18-31-29(35-28(20)27)34-22-10-8-21(9-11-22)32-23-13-15-36(2)16-14-23/h3-12,17-18,23,32H,1,13-16H2,2H3,(H,33,37)(H,31,34,35). The molecule has 4 aromatic rings. The number of halogens is 1. The van der Waals surface area contributed by atoms with Crippen LogP contribution in [0.25, 0.3) is 22.0 Å². The van der Waals surface area contributed by atoms with Crippen LogP contribution in [-0.4, -0.2) is 47.0 Å². The molecule has 3 aromatic carbocycles. The van der Waals surface area contributed by atoms with Gasteiger partial charge in [0, 0.05) is 40.3 Å². The van der Waals surface area contributed by atoms with Crippen molar-refractivity contribution in [2.24, 2.45) is 0 Å². The third-order valence-electron chi connectivity index (χ3n) is 6.54. The lowest BCUT2D eigenvalue weighted by atomic mass is 10.0. The van der Waals surface area contributed by atoms with Gasteiger partial charge in [0.25, 0.3) is 0 Å². The summed E-state index contributed by atoms with van der Waals surface area (Å²) < 4.78 is 15.1. The van der Waals surface area contributed by atoms with Crippen LogP contribution in [0.4, 0.5) is 27.4 Å². The molecule has 1 saturated heterocycles. The Bertz CT molecular complexity index is 1430. The second-order valence-electron chi connectivity index (χ2n) is 9.25. The molecular weight excluding hydrogens is 467 g/mol. The number of carbonyl (C=O) groups excluding carboxylic acids is 1. The van der Waals surface area contributed by atoms with E-state index >= 15 is 4.39 Å². The number of anilines is 4. The van der Waals surface area contributed by atoms with Crippen molar-refractivity contribution in [3.05, 3.63) is 85.3 Å². The van der Waals surface area contributed by atoms with Crippen LogP contribution in [0.3, 0.4) is 0 Å². The maximum atomic E-state index is 15.1. The van der Waals surface area contributed by atoms with Gasteiger partial charge in [-0.2, -0.15) is 0 Å². The normalized spacial score (nSPS) is 14.3. The van der Waals surface area contributed by atoms with Crippen LogP contribution in [0, 0.1) is 5.82 Å². The van der Waals surface area contributed by atoms with Gasteiger partial charge in [0.05, 0.1) is 5.52 Å². The second-order valence-corrected chi connectivity index (χ2v) is 9.25. The fourth-order valence-electron chi connectivity index (χ4n) is 4.52. The predicted molar refractivity (Wildman–Crippen MR) is 148 cm³/mol. The van der Waals surface area contributed by atoms with E-state index in [-0.39, 0.29) is 5.91 Å². The Balaban J connectivity index is 1.38. The van der Waals surface area contributed by atoms with Gasteiger partial charge in [-0.25, -0.2) is 14.4 Å². The number of nitrogens with one attached hydrogen (secondary N) is 3. The van der Waals surface area contributed by atoms with Gasteiger partial charge in [-0.1, -0.05) is 18.7 Å². The molecule has 0 saturated carbocycles. The summed E-state index contributed by atoms with van der Waals surface area (Å²) in [5, 5.41) is 10.3. The SMILES string of the molecule is C=CC(=O)Nc1cccc(-c2c(F)ccc3cnc(Nc4ccc(NC5CCN(C)CC5)cc4)nc23)c1. The lowest BCUT2D eigenvalue weighted by molar-refractivity contribution is -0.111. The zero-order valence-corrected chi connectivity index (χ0v) is 20.7. The van der Waals surface area contributed by atoms with Crippen molar-refractivity contribution in [3.8, 4) is 11.1 Å². The van der Waals surface area contributed by atoms with Crippen molar-refractivity contribution in [3.63, 3.8) is 0 Å². The minimum Gasteiger partial charge on any atom is -0.382 e. The van der Waals surface area contributed by atoms with Gasteiger partial charge >= 0.3 is 0 Å². The number of fused-ring (bicyclic) bond motifs is 1. The highest BCUT2D eigenvalue weighted by Gasteiger charge is 2.17. The molecule has 0 unspecified atom stereocenters. The summed E-state index contributed by atoms with van der Waals surface area (Å²) in [6.45, 7) is 5.68. The minimum atomic E-state index is -0.409. The lowest BCUT2D eigenvalue weighted by Crippen LogP contribution is -2.36. The summed E-state index contributed by atoms with van der Waals surface area (Å²) in [4.78, 5) is 23.1. The minimum absolute atomic E-state index is 0.336. The quantitative estimate of drug-likeness (QED) is 0.280. The van der Waals surface area contributed by atoms with Crippen molar-refractivity contribution >= 4 is 39.8 Å². The molecule has 5 rings (SSSR count). The van der Waals surface area contributed by atoms with Crippen molar-refractivity contribution < 1.29 is 9.18 Å².